The van der Waals surface area contributed by atoms with Crippen molar-refractivity contribution in [1.29, 1.82) is 5.26 Å². The molecule has 5 heteroatoms. The van der Waals surface area contributed by atoms with E-state index in [1.807, 2.05) is 6.07 Å². The minimum atomic E-state index is 0.583. The normalized spacial score (nSPS) is 20.1. The molecule has 104 valence electrons. The van der Waals surface area contributed by atoms with E-state index in [1.54, 1.807) is 0 Å². The maximum absolute atomic E-state index is 8.85. The van der Waals surface area contributed by atoms with E-state index >= 15 is 0 Å². The Labute approximate surface area is 119 Å². The highest BCUT2D eigenvalue weighted by Gasteiger charge is 2.17. The Bertz CT molecular complexity index is 449. The molecule has 2 rings (SSSR count). The molecule has 1 unspecified atom stereocenters. The molecule has 1 aromatic rings. The number of piperidine rings is 1. The predicted octanol–water partition coefficient (Wildman–Crippen LogP) is 2.88. The van der Waals surface area contributed by atoms with Gasteiger partial charge in [0.15, 0.2) is 0 Å². The number of anilines is 2. The summed E-state index contributed by atoms with van der Waals surface area (Å²) in [6.07, 6.45) is 5.18. The smallest absolute Gasteiger partial charge is 0.129 e. The van der Waals surface area contributed by atoms with Crippen molar-refractivity contribution in [2.45, 2.75) is 38.6 Å². The van der Waals surface area contributed by atoms with Gasteiger partial charge in [-0.25, -0.2) is 0 Å². The van der Waals surface area contributed by atoms with Gasteiger partial charge in [-0.15, -0.1) is 11.3 Å². The first-order valence-corrected chi connectivity index (χ1v) is 7.79. The Morgan fingerprint density at radius 1 is 1.58 bits per heavy atom. The molecule has 1 aliphatic rings. The number of hydrogen-bond acceptors (Lipinski definition) is 5. The SMILES string of the molecule is CC1CCCCN1CCCNc1cc(N)c(C#N)s1. The van der Waals surface area contributed by atoms with E-state index in [2.05, 4.69) is 23.2 Å². The number of rotatable bonds is 5. The second kappa shape index (κ2) is 6.78. The van der Waals surface area contributed by atoms with Crippen molar-refractivity contribution in [2.75, 3.05) is 30.7 Å². The molecular weight excluding hydrogens is 256 g/mol. The summed E-state index contributed by atoms with van der Waals surface area (Å²) in [6.45, 7) is 5.66. The molecule has 1 aliphatic heterocycles. The van der Waals surface area contributed by atoms with Gasteiger partial charge < -0.3 is 16.0 Å². The van der Waals surface area contributed by atoms with E-state index in [1.165, 1.54) is 37.1 Å². The number of nitrogens with two attached hydrogens (primary N) is 1. The van der Waals surface area contributed by atoms with Crippen molar-refractivity contribution >= 4 is 22.0 Å². The average molecular weight is 278 g/mol. The van der Waals surface area contributed by atoms with Crippen LogP contribution in [-0.2, 0) is 0 Å². The molecular formula is C14H22N4S. The van der Waals surface area contributed by atoms with Gasteiger partial charge in [-0.1, -0.05) is 6.42 Å². The monoisotopic (exact) mass is 278 g/mol. The molecule has 1 fully saturated rings. The van der Waals surface area contributed by atoms with Crippen LogP contribution in [0.3, 0.4) is 0 Å². The van der Waals surface area contributed by atoms with Gasteiger partial charge in [0.1, 0.15) is 10.9 Å². The lowest BCUT2D eigenvalue weighted by Crippen LogP contribution is -2.38. The van der Waals surface area contributed by atoms with Crippen molar-refractivity contribution in [3.63, 3.8) is 0 Å². The second-order valence-corrected chi connectivity index (χ2v) is 6.22. The van der Waals surface area contributed by atoms with Crippen molar-refractivity contribution in [3.05, 3.63) is 10.9 Å². The first kappa shape index (κ1) is 14.2. The van der Waals surface area contributed by atoms with E-state index in [0.717, 1.165) is 30.6 Å². The predicted molar refractivity (Wildman–Crippen MR) is 81.4 cm³/mol. The largest absolute Gasteiger partial charge is 0.397 e. The third kappa shape index (κ3) is 3.85. The fraction of sp³-hybridized carbons (Fsp3) is 0.643. The van der Waals surface area contributed by atoms with Gasteiger partial charge >= 0.3 is 0 Å². The standard InChI is InChI=1S/C14H22N4S/c1-11-5-2-3-7-18(11)8-4-6-17-14-9-12(16)13(10-15)19-14/h9,11,17H,2-8,16H2,1H3. The summed E-state index contributed by atoms with van der Waals surface area (Å²) >= 11 is 1.44. The molecule has 1 aromatic heterocycles. The van der Waals surface area contributed by atoms with Gasteiger partial charge in [0.25, 0.3) is 0 Å². The topological polar surface area (TPSA) is 65.1 Å². The molecule has 3 N–H and O–H groups in total. The van der Waals surface area contributed by atoms with Crippen LogP contribution in [-0.4, -0.2) is 30.6 Å². The lowest BCUT2D eigenvalue weighted by Gasteiger charge is -2.33. The summed E-state index contributed by atoms with van der Waals surface area (Å²) in [5.74, 6) is 0. The molecule has 19 heavy (non-hydrogen) atoms. The van der Waals surface area contributed by atoms with E-state index in [0.29, 0.717) is 10.6 Å². The molecule has 0 spiro atoms. The first-order chi connectivity index (χ1) is 9.20. The fourth-order valence-electron chi connectivity index (χ4n) is 2.56. The Morgan fingerprint density at radius 2 is 2.42 bits per heavy atom. The van der Waals surface area contributed by atoms with Gasteiger partial charge in [-0.2, -0.15) is 5.26 Å². The molecule has 0 aliphatic carbocycles. The highest BCUT2D eigenvalue weighted by Crippen LogP contribution is 2.28. The molecule has 0 aromatic carbocycles. The molecule has 0 radical (unpaired) electrons. The maximum atomic E-state index is 8.85. The molecule has 0 amide bonds. The van der Waals surface area contributed by atoms with Gasteiger partial charge in [0.05, 0.1) is 10.7 Å². The van der Waals surface area contributed by atoms with Crippen LogP contribution in [0, 0.1) is 11.3 Å². The summed E-state index contributed by atoms with van der Waals surface area (Å²) in [7, 11) is 0. The molecule has 0 bridgehead atoms. The van der Waals surface area contributed by atoms with Crippen LogP contribution in [0.4, 0.5) is 10.7 Å². The molecule has 1 saturated heterocycles. The summed E-state index contributed by atoms with van der Waals surface area (Å²) in [5, 5.41) is 13.2. The van der Waals surface area contributed by atoms with Crippen LogP contribution in [0.25, 0.3) is 0 Å². The van der Waals surface area contributed by atoms with Gasteiger partial charge in [-0.05, 0) is 38.8 Å². The van der Waals surface area contributed by atoms with Crippen molar-refractivity contribution in [2.24, 2.45) is 0 Å². The molecule has 4 nitrogen and oxygen atoms in total. The third-order valence-corrected chi connectivity index (χ3v) is 4.74. The van der Waals surface area contributed by atoms with Crippen LogP contribution in [0.15, 0.2) is 6.07 Å². The van der Waals surface area contributed by atoms with Crippen LogP contribution in [0.2, 0.25) is 0 Å². The molecule has 1 atom stereocenters. The summed E-state index contributed by atoms with van der Waals surface area (Å²) in [4.78, 5) is 3.18. The van der Waals surface area contributed by atoms with E-state index < -0.39 is 0 Å². The lowest BCUT2D eigenvalue weighted by molar-refractivity contribution is 0.160. The highest BCUT2D eigenvalue weighted by molar-refractivity contribution is 7.17. The first-order valence-electron chi connectivity index (χ1n) is 6.98. The number of nitrogens with zero attached hydrogens (tertiary/aromatic N) is 2. The van der Waals surface area contributed by atoms with Gasteiger partial charge in [0, 0.05) is 19.1 Å². The number of nitrogen functional groups attached to an aromatic ring is 1. The quantitative estimate of drug-likeness (QED) is 0.813. The Morgan fingerprint density at radius 3 is 3.11 bits per heavy atom. The van der Waals surface area contributed by atoms with Crippen molar-refractivity contribution < 1.29 is 0 Å². The Balaban J connectivity index is 1.70. The zero-order valence-corrected chi connectivity index (χ0v) is 12.3. The summed E-state index contributed by atoms with van der Waals surface area (Å²) < 4.78 is 0. The lowest BCUT2D eigenvalue weighted by atomic mass is 10.0. The Kier molecular flexibility index (Phi) is 5.06. The van der Waals surface area contributed by atoms with Crippen LogP contribution < -0.4 is 11.1 Å². The van der Waals surface area contributed by atoms with Crippen molar-refractivity contribution in [1.82, 2.24) is 4.90 Å². The average Bonchev–Trinajstić information content (AvgIpc) is 2.77. The van der Waals surface area contributed by atoms with Gasteiger partial charge in [-0.3, -0.25) is 0 Å². The van der Waals surface area contributed by atoms with E-state index in [-0.39, 0.29) is 0 Å². The Hall–Kier alpha value is -1.25. The van der Waals surface area contributed by atoms with Gasteiger partial charge in [0.2, 0.25) is 0 Å². The number of nitrogens with one attached hydrogen (secondary N) is 1. The zero-order valence-electron chi connectivity index (χ0n) is 11.5. The van der Waals surface area contributed by atoms with Crippen LogP contribution >= 0.6 is 11.3 Å². The molecule has 0 saturated carbocycles. The number of nitriles is 1. The molecule has 2 heterocycles. The summed E-state index contributed by atoms with van der Waals surface area (Å²) in [5.41, 5.74) is 6.31. The number of likely N-dealkylation sites (tertiary alicyclic amines) is 1. The maximum Gasteiger partial charge on any atom is 0.129 e. The minimum absolute atomic E-state index is 0.583. The third-order valence-electron chi connectivity index (χ3n) is 3.72. The number of hydrogen-bond donors (Lipinski definition) is 2. The van der Waals surface area contributed by atoms with Crippen LogP contribution in [0.1, 0.15) is 37.5 Å². The fourth-order valence-corrected chi connectivity index (χ4v) is 3.37. The highest BCUT2D eigenvalue weighted by atomic mass is 32.1. The second-order valence-electron chi connectivity index (χ2n) is 5.17. The van der Waals surface area contributed by atoms with Crippen LogP contribution in [0.5, 0.6) is 0 Å². The number of thiophene rings is 1. The van der Waals surface area contributed by atoms with E-state index in [4.69, 9.17) is 11.0 Å². The summed E-state index contributed by atoms with van der Waals surface area (Å²) in [6, 6.07) is 4.70. The zero-order chi connectivity index (χ0) is 13.7. The van der Waals surface area contributed by atoms with E-state index in [9.17, 15) is 0 Å². The van der Waals surface area contributed by atoms with Crippen molar-refractivity contribution in [3.8, 4) is 6.07 Å². The minimum Gasteiger partial charge on any atom is -0.397 e.